The molecule has 1 unspecified atom stereocenters. The average molecular weight is 202 g/mol. The zero-order valence-corrected chi connectivity index (χ0v) is 9.16. The van der Waals surface area contributed by atoms with E-state index in [9.17, 15) is 0 Å². The lowest BCUT2D eigenvalue weighted by Gasteiger charge is -2.04. The fourth-order valence-corrected chi connectivity index (χ4v) is 1.54. The van der Waals surface area contributed by atoms with Crippen LogP contribution in [0.25, 0.3) is 12.2 Å². The first-order valence-electron chi connectivity index (χ1n) is 5.06. The average Bonchev–Trinajstić information content (AvgIpc) is 2.56. The molecule has 0 aliphatic rings. The summed E-state index contributed by atoms with van der Waals surface area (Å²) in [5.41, 5.74) is 9.20. The number of aromatic amines is 1. The van der Waals surface area contributed by atoms with Gasteiger partial charge in [0.15, 0.2) is 0 Å². The molecule has 0 spiro atoms. The molecule has 1 atom stereocenters. The van der Waals surface area contributed by atoms with Gasteiger partial charge in [-0.25, -0.2) is 0 Å². The minimum Gasteiger partial charge on any atom is -0.361 e. The van der Waals surface area contributed by atoms with Crippen LogP contribution in [0.3, 0.4) is 0 Å². The Labute approximate surface area is 91.2 Å². The largest absolute Gasteiger partial charge is 0.361 e. The molecule has 0 saturated carbocycles. The van der Waals surface area contributed by atoms with Gasteiger partial charge in [0.1, 0.15) is 0 Å². The lowest BCUT2D eigenvalue weighted by atomic mass is 10.0. The molecule has 0 aromatic carbocycles. The van der Waals surface area contributed by atoms with Gasteiger partial charge in [-0.2, -0.15) is 0 Å². The number of hydrogen-bond acceptors (Lipinski definition) is 1. The molecule has 0 bridgehead atoms. The quantitative estimate of drug-likeness (QED) is 0.708. The summed E-state index contributed by atoms with van der Waals surface area (Å²) in [6.07, 6.45) is 10.4. The number of nitrogens with two attached hydrogens (primary N) is 1. The standard InChI is InChI=1S/C13H18N2/c1-4-6-7-12-11(8-10(3)14)9-15-13(12)5-2/h4-7,9-10,15H,1-2,8,14H2,3H3/b7-6-. The van der Waals surface area contributed by atoms with Crippen LogP contribution in [0.15, 0.2) is 31.5 Å². The Morgan fingerprint density at radius 1 is 1.53 bits per heavy atom. The SMILES string of the molecule is C=C/C=C\c1c(CC(C)N)c[nH]c1C=C. The normalized spacial score (nSPS) is 12.9. The van der Waals surface area contributed by atoms with Crippen LogP contribution < -0.4 is 5.73 Å². The van der Waals surface area contributed by atoms with Gasteiger partial charge in [-0.15, -0.1) is 0 Å². The number of aromatic nitrogens is 1. The molecule has 2 nitrogen and oxygen atoms in total. The van der Waals surface area contributed by atoms with E-state index in [1.165, 1.54) is 5.56 Å². The molecule has 0 aliphatic heterocycles. The number of hydrogen-bond donors (Lipinski definition) is 2. The molecule has 1 heterocycles. The van der Waals surface area contributed by atoms with Crippen molar-refractivity contribution < 1.29 is 0 Å². The maximum Gasteiger partial charge on any atom is 0.0450 e. The van der Waals surface area contributed by atoms with E-state index in [4.69, 9.17) is 5.73 Å². The van der Waals surface area contributed by atoms with Crippen molar-refractivity contribution in [2.45, 2.75) is 19.4 Å². The van der Waals surface area contributed by atoms with Crippen molar-refractivity contribution in [1.29, 1.82) is 0 Å². The first-order valence-corrected chi connectivity index (χ1v) is 5.06. The molecule has 0 saturated heterocycles. The van der Waals surface area contributed by atoms with Crippen LogP contribution in [0.5, 0.6) is 0 Å². The lowest BCUT2D eigenvalue weighted by molar-refractivity contribution is 0.738. The lowest BCUT2D eigenvalue weighted by Crippen LogP contribution is -2.17. The van der Waals surface area contributed by atoms with Crippen LogP contribution in [0.2, 0.25) is 0 Å². The molecular formula is C13H18N2. The Kier molecular flexibility index (Phi) is 4.13. The van der Waals surface area contributed by atoms with Crippen LogP contribution in [0.4, 0.5) is 0 Å². The van der Waals surface area contributed by atoms with Crippen molar-refractivity contribution >= 4 is 12.2 Å². The molecule has 1 aromatic rings. The fraction of sp³-hybridized carbons (Fsp3) is 0.231. The van der Waals surface area contributed by atoms with Gasteiger partial charge >= 0.3 is 0 Å². The summed E-state index contributed by atoms with van der Waals surface area (Å²) in [6.45, 7) is 9.43. The maximum absolute atomic E-state index is 5.79. The molecule has 1 rings (SSSR count). The van der Waals surface area contributed by atoms with Gasteiger partial charge in [-0.1, -0.05) is 31.4 Å². The van der Waals surface area contributed by atoms with Crippen molar-refractivity contribution in [3.05, 3.63) is 48.3 Å². The van der Waals surface area contributed by atoms with Gasteiger partial charge in [-0.3, -0.25) is 0 Å². The summed E-state index contributed by atoms with van der Waals surface area (Å²) < 4.78 is 0. The molecule has 0 aliphatic carbocycles. The minimum absolute atomic E-state index is 0.161. The second-order valence-corrected chi connectivity index (χ2v) is 3.62. The van der Waals surface area contributed by atoms with E-state index in [2.05, 4.69) is 18.1 Å². The van der Waals surface area contributed by atoms with Crippen molar-refractivity contribution in [3.63, 3.8) is 0 Å². The van der Waals surface area contributed by atoms with E-state index >= 15 is 0 Å². The Bertz CT molecular complexity index is 370. The smallest absolute Gasteiger partial charge is 0.0450 e. The van der Waals surface area contributed by atoms with Gasteiger partial charge in [-0.05, 0) is 25.0 Å². The number of rotatable bonds is 5. The highest BCUT2D eigenvalue weighted by Crippen LogP contribution is 2.18. The Morgan fingerprint density at radius 2 is 2.27 bits per heavy atom. The highest BCUT2D eigenvalue weighted by atomic mass is 14.7. The van der Waals surface area contributed by atoms with E-state index in [-0.39, 0.29) is 6.04 Å². The summed E-state index contributed by atoms with van der Waals surface area (Å²) in [4.78, 5) is 3.18. The maximum atomic E-state index is 5.79. The summed E-state index contributed by atoms with van der Waals surface area (Å²) in [7, 11) is 0. The molecule has 2 heteroatoms. The Morgan fingerprint density at radius 3 is 2.80 bits per heavy atom. The summed E-state index contributed by atoms with van der Waals surface area (Å²) in [5, 5.41) is 0. The Balaban J connectivity index is 3.04. The van der Waals surface area contributed by atoms with Crippen LogP contribution in [-0.4, -0.2) is 11.0 Å². The van der Waals surface area contributed by atoms with Crippen LogP contribution in [0, 0.1) is 0 Å². The zero-order valence-electron chi connectivity index (χ0n) is 9.16. The molecule has 0 radical (unpaired) electrons. The molecule has 1 aromatic heterocycles. The summed E-state index contributed by atoms with van der Waals surface area (Å²) in [5.74, 6) is 0. The summed E-state index contributed by atoms with van der Waals surface area (Å²) in [6, 6.07) is 0.161. The first-order chi connectivity index (χ1) is 7.19. The molecule has 3 N–H and O–H groups in total. The van der Waals surface area contributed by atoms with Crippen LogP contribution in [-0.2, 0) is 6.42 Å². The molecule has 0 amide bonds. The zero-order chi connectivity index (χ0) is 11.3. The minimum atomic E-state index is 0.161. The van der Waals surface area contributed by atoms with Crippen molar-refractivity contribution in [1.82, 2.24) is 4.98 Å². The van der Waals surface area contributed by atoms with E-state index in [1.807, 2.05) is 31.3 Å². The fourth-order valence-electron chi connectivity index (χ4n) is 1.54. The van der Waals surface area contributed by atoms with E-state index in [0.29, 0.717) is 0 Å². The third-order valence-corrected chi connectivity index (χ3v) is 2.18. The van der Waals surface area contributed by atoms with Crippen LogP contribution >= 0.6 is 0 Å². The third-order valence-electron chi connectivity index (χ3n) is 2.18. The number of allylic oxidation sites excluding steroid dienone is 2. The monoisotopic (exact) mass is 202 g/mol. The van der Waals surface area contributed by atoms with Crippen molar-refractivity contribution in [3.8, 4) is 0 Å². The number of H-pyrrole nitrogens is 1. The second kappa shape index (κ2) is 5.37. The van der Waals surface area contributed by atoms with Gasteiger partial charge in [0.2, 0.25) is 0 Å². The molecular weight excluding hydrogens is 184 g/mol. The molecule has 0 fully saturated rings. The van der Waals surface area contributed by atoms with Crippen LogP contribution in [0.1, 0.15) is 23.7 Å². The first kappa shape index (κ1) is 11.5. The third kappa shape index (κ3) is 2.96. The van der Waals surface area contributed by atoms with Gasteiger partial charge in [0, 0.05) is 23.5 Å². The van der Waals surface area contributed by atoms with E-state index in [1.54, 1.807) is 6.08 Å². The van der Waals surface area contributed by atoms with Gasteiger partial charge in [0.25, 0.3) is 0 Å². The number of nitrogens with one attached hydrogen (secondary N) is 1. The predicted octanol–water partition coefficient (Wildman–Crippen LogP) is 2.75. The van der Waals surface area contributed by atoms with E-state index < -0.39 is 0 Å². The van der Waals surface area contributed by atoms with Crippen molar-refractivity contribution in [2.24, 2.45) is 5.73 Å². The molecule has 80 valence electrons. The van der Waals surface area contributed by atoms with E-state index in [0.717, 1.165) is 17.7 Å². The summed E-state index contributed by atoms with van der Waals surface area (Å²) >= 11 is 0. The topological polar surface area (TPSA) is 41.8 Å². The highest BCUT2D eigenvalue weighted by molar-refractivity contribution is 5.66. The second-order valence-electron chi connectivity index (χ2n) is 3.62. The highest BCUT2D eigenvalue weighted by Gasteiger charge is 2.07. The van der Waals surface area contributed by atoms with Gasteiger partial charge in [0.05, 0.1) is 0 Å². The Hall–Kier alpha value is -1.54. The predicted molar refractivity (Wildman–Crippen MR) is 67.5 cm³/mol. The molecule has 15 heavy (non-hydrogen) atoms. The van der Waals surface area contributed by atoms with Crippen molar-refractivity contribution in [2.75, 3.05) is 0 Å². The van der Waals surface area contributed by atoms with Gasteiger partial charge < -0.3 is 10.7 Å².